The van der Waals surface area contributed by atoms with Gasteiger partial charge in [-0.25, -0.2) is 0 Å². The van der Waals surface area contributed by atoms with Crippen molar-refractivity contribution in [2.75, 3.05) is 6.61 Å². The summed E-state index contributed by atoms with van der Waals surface area (Å²) in [5, 5.41) is 23.6. The molecule has 0 aliphatic rings. The monoisotopic (exact) mass is 834 g/mol. The molecule has 0 rings (SSSR count). The summed E-state index contributed by atoms with van der Waals surface area (Å²) in [6.07, 6.45) is 61.7. The molecule has 6 nitrogen and oxygen atoms in total. The van der Waals surface area contributed by atoms with Gasteiger partial charge in [-0.15, -0.1) is 0 Å². The SMILES string of the molecule is CC/C=C/C=C/C=C/C=C\CCCCCC(CC(=O)NC(CO)C(O)CCCCCCCCCCCC)OC(=O)CCCCCCC/C=C/C=C/C=C/C=C/CCCCC. The fourth-order valence-electron chi connectivity index (χ4n) is 6.86. The molecule has 0 heterocycles. The maximum atomic E-state index is 13.2. The van der Waals surface area contributed by atoms with Crippen molar-refractivity contribution in [3.63, 3.8) is 0 Å². The predicted octanol–water partition coefficient (Wildman–Crippen LogP) is 14.6. The van der Waals surface area contributed by atoms with Gasteiger partial charge in [0, 0.05) is 6.42 Å². The number of nitrogens with one attached hydrogen (secondary N) is 1. The molecule has 0 aromatic carbocycles. The van der Waals surface area contributed by atoms with E-state index in [1.54, 1.807) is 0 Å². The van der Waals surface area contributed by atoms with E-state index in [0.29, 0.717) is 19.3 Å². The zero-order valence-electron chi connectivity index (χ0n) is 38.8. The molecule has 3 N–H and O–H groups in total. The van der Waals surface area contributed by atoms with Gasteiger partial charge < -0.3 is 20.3 Å². The van der Waals surface area contributed by atoms with Gasteiger partial charge in [0.25, 0.3) is 0 Å². The van der Waals surface area contributed by atoms with Crippen molar-refractivity contribution in [1.29, 1.82) is 0 Å². The van der Waals surface area contributed by atoms with Gasteiger partial charge in [0.15, 0.2) is 0 Å². The Balaban J connectivity index is 4.71. The summed E-state index contributed by atoms with van der Waals surface area (Å²) >= 11 is 0. The van der Waals surface area contributed by atoms with E-state index in [2.05, 4.69) is 92.9 Å². The molecular formula is C54H91NO5. The number of unbranched alkanes of at least 4 members (excludes halogenated alkanes) is 20. The van der Waals surface area contributed by atoms with Gasteiger partial charge in [-0.1, -0.05) is 221 Å². The molecule has 60 heavy (non-hydrogen) atoms. The lowest BCUT2D eigenvalue weighted by atomic mass is 10.0. The number of carbonyl (C=O) groups excluding carboxylic acids is 2. The third-order valence-electron chi connectivity index (χ3n) is 10.6. The molecule has 342 valence electrons. The van der Waals surface area contributed by atoms with Crippen LogP contribution in [0.3, 0.4) is 0 Å². The molecule has 1 amide bonds. The Hall–Kier alpha value is -3.22. The van der Waals surface area contributed by atoms with Gasteiger partial charge in [-0.3, -0.25) is 9.59 Å². The Labute approximate surface area is 369 Å². The third kappa shape index (κ3) is 41.5. The molecule has 3 atom stereocenters. The standard InChI is InChI=1S/C54H91NO5/c1-4-7-10-13-16-19-22-24-25-26-27-28-30-32-35-38-41-44-47-54(59)60-50(45-42-39-36-33-31-29-23-20-17-14-11-8-5-2)48-53(58)55-51(49-56)52(57)46-43-40-37-34-21-18-15-12-9-6-3/h8,11,14,16-17,19-20,22-29,31,50-52,56-57H,4-7,9-10,12-13,15,18,21,30,32-49H2,1-3H3,(H,55,58)/b11-8+,17-14+,19-16+,23-20+,24-22+,26-25+,28-27+,31-29-. The molecule has 6 heteroatoms. The second kappa shape index (κ2) is 46.8. The summed E-state index contributed by atoms with van der Waals surface area (Å²) in [6, 6.07) is -0.724. The number of rotatable bonds is 42. The van der Waals surface area contributed by atoms with Crippen LogP contribution in [0.1, 0.15) is 207 Å². The van der Waals surface area contributed by atoms with E-state index in [1.807, 2.05) is 30.4 Å². The molecule has 3 unspecified atom stereocenters. The molecular weight excluding hydrogens is 743 g/mol. The van der Waals surface area contributed by atoms with Crippen LogP contribution in [0.4, 0.5) is 0 Å². The van der Waals surface area contributed by atoms with Gasteiger partial charge in [0.1, 0.15) is 6.10 Å². The number of hydrogen-bond donors (Lipinski definition) is 3. The van der Waals surface area contributed by atoms with Crippen molar-refractivity contribution in [3.05, 3.63) is 97.2 Å². The molecule has 0 aromatic heterocycles. The van der Waals surface area contributed by atoms with E-state index in [0.717, 1.165) is 96.3 Å². The molecule has 0 saturated carbocycles. The first-order valence-electron chi connectivity index (χ1n) is 24.6. The Morgan fingerprint density at radius 2 is 0.900 bits per heavy atom. The van der Waals surface area contributed by atoms with Crippen LogP contribution in [0.5, 0.6) is 0 Å². The fraction of sp³-hybridized carbons (Fsp3) is 0.667. The number of aliphatic hydroxyl groups is 2. The maximum absolute atomic E-state index is 13.2. The van der Waals surface area contributed by atoms with Crippen molar-refractivity contribution < 1.29 is 24.5 Å². The molecule has 0 aliphatic heterocycles. The van der Waals surface area contributed by atoms with Crippen LogP contribution in [0.15, 0.2) is 97.2 Å². The summed E-state index contributed by atoms with van der Waals surface area (Å²) in [5.41, 5.74) is 0. The number of amides is 1. The van der Waals surface area contributed by atoms with E-state index in [-0.39, 0.29) is 24.9 Å². The number of allylic oxidation sites excluding steroid dienone is 16. The minimum Gasteiger partial charge on any atom is -0.462 e. The average molecular weight is 834 g/mol. The summed E-state index contributed by atoms with van der Waals surface area (Å²) in [5.74, 6) is -0.550. The molecule has 0 radical (unpaired) electrons. The molecule has 0 aromatic rings. The number of esters is 1. The zero-order chi connectivity index (χ0) is 43.8. The van der Waals surface area contributed by atoms with Gasteiger partial charge in [-0.2, -0.15) is 0 Å². The first kappa shape index (κ1) is 56.8. The quantitative estimate of drug-likeness (QED) is 0.0323. The van der Waals surface area contributed by atoms with Gasteiger partial charge in [0.05, 0.1) is 25.2 Å². The van der Waals surface area contributed by atoms with Crippen molar-refractivity contribution in [3.8, 4) is 0 Å². The van der Waals surface area contributed by atoms with E-state index < -0.39 is 18.2 Å². The summed E-state index contributed by atoms with van der Waals surface area (Å²) in [7, 11) is 0. The number of aliphatic hydroxyl groups excluding tert-OH is 2. The van der Waals surface area contributed by atoms with Crippen molar-refractivity contribution >= 4 is 11.9 Å². The van der Waals surface area contributed by atoms with Crippen LogP contribution in [0.25, 0.3) is 0 Å². The highest BCUT2D eigenvalue weighted by atomic mass is 16.5. The lowest BCUT2D eigenvalue weighted by molar-refractivity contribution is -0.151. The third-order valence-corrected chi connectivity index (χ3v) is 10.6. The predicted molar refractivity (Wildman–Crippen MR) is 259 cm³/mol. The van der Waals surface area contributed by atoms with Crippen LogP contribution in [-0.4, -0.2) is 46.9 Å². The summed E-state index contributed by atoms with van der Waals surface area (Å²) in [6.45, 7) is 6.26. The Morgan fingerprint density at radius 3 is 1.42 bits per heavy atom. The number of carbonyl (C=O) groups is 2. The lowest BCUT2D eigenvalue weighted by Gasteiger charge is -2.24. The molecule has 0 spiro atoms. The van der Waals surface area contributed by atoms with E-state index >= 15 is 0 Å². The second-order valence-corrected chi connectivity index (χ2v) is 16.3. The highest BCUT2D eigenvalue weighted by Gasteiger charge is 2.24. The van der Waals surface area contributed by atoms with Crippen molar-refractivity contribution in [2.24, 2.45) is 0 Å². The van der Waals surface area contributed by atoms with E-state index in [9.17, 15) is 19.8 Å². The fourth-order valence-corrected chi connectivity index (χ4v) is 6.86. The van der Waals surface area contributed by atoms with Crippen LogP contribution in [0, 0.1) is 0 Å². The zero-order valence-corrected chi connectivity index (χ0v) is 38.8. The van der Waals surface area contributed by atoms with Crippen molar-refractivity contribution in [1.82, 2.24) is 5.32 Å². The van der Waals surface area contributed by atoms with Crippen LogP contribution >= 0.6 is 0 Å². The number of ether oxygens (including phenoxy) is 1. The second-order valence-electron chi connectivity index (χ2n) is 16.3. The summed E-state index contributed by atoms with van der Waals surface area (Å²) in [4.78, 5) is 26.1. The van der Waals surface area contributed by atoms with Crippen LogP contribution in [0.2, 0.25) is 0 Å². The smallest absolute Gasteiger partial charge is 0.306 e. The van der Waals surface area contributed by atoms with Crippen LogP contribution < -0.4 is 5.32 Å². The van der Waals surface area contributed by atoms with Gasteiger partial charge in [-0.05, 0) is 70.6 Å². The number of hydrogen-bond acceptors (Lipinski definition) is 5. The molecule has 0 saturated heterocycles. The highest BCUT2D eigenvalue weighted by molar-refractivity contribution is 5.77. The van der Waals surface area contributed by atoms with Gasteiger partial charge in [0.2, 0.25) is 5.91 Å². The lowest BCUT2D eigenvalue weighted by Crippen LogP contribution is -2.46. The minimum absolute atomic E-state index is 0.0358. The topological polar surface area (TPSA) is 95.9 Å². The average Bonchev–Trinajstić information content (AvgIpc) is 3.24. The van der Waals surface area contributed by atoms with E-state index in [4.69, 9.17) is 4.74 Å². The first-order valence-corrected chi connectivity index (χ1v) is 24.6. The Morgan fingerprint density at radius 1 is 0.500 bits per heavy atom. The normalized spacial score (nSPS) is 14.2. The van der Waals surface area contributed by atoms with Gasteiger partial charge >= 0.3 is 5.97 Å². The summed E-state index contributed by atoms with van der Waals surface area (Å²) < 4.78 is 5.89. The minimum atomic E-state index is -0.807. The highest BCUT2D eigenvalue weighted by Crippen LogP contribution is 2.17. The molecule has 0 aliphatic carbocycles. The largest absolute Gasteiger partial charge is 0.462 e. The van der Waals surface area contributed by atoms with Crippen molar-refractivity contribution in [2.45, 2.75) is 225 Å². The first-order chi connectivity index (χ1) is 29.5. The Bertz CT molecular complexity index is 1210. The Kier molecular flexibility index (Phi) is 44.3. The van der Waals surface area contributed by atoms with Crippen LogP contribution in [-0.2, 0) is 14.3 Å². The maximum Gasteiger partial charge on any atom is 0.306 e. The molecule has 0 bridgehead atoms. The molecule has 0 fully saturated rings. The van der Waals surface area contributed by atoms with E-state index in [1.165, 1.54) is 64.2 Å².